The van der Waals surface area contributed by atoms with Crippen molar-refractivity contribution < 1.29 is 0 Å². The first kappa shape index (κ1) is 34.7. The SMILES string of the molecule is CCCCCCCCC1=C(C(CCCCCCCC)(CCCCCCCC)C2=C(CCCCCCCC)C2)C1. The van der Waals surface area contributed by atoms with E-state index < -0.39 is 0 Å². The number of hydrogen-bond donors (Lipinski definition) is 0. The summed E-state index contributed by atoms with van der Waals surface area (Å²) in [5.41, 5.74) is 8.30. The van der Waals surface area contributed by atoms with Crippen LogP contribution in [0, 0.1) is 5.41 Å². The largest absolute Gasteiger partial charge is 0.0657 e. The molecular formula is C39H72. The Labute approximate surface area is 247 Å². The zero-order valence-electron chi connectivity index (χ0n) is 27.7. The predicted molar refractivity (Wildman–Crippen MR) is 178 cm³/mol. The highest BCUT2D eigenvalue weighted by atomic mass is 14.5. The molecule has 0 radical (unpaired) electrons. The Morgan fingerprint density at radius 2 is 0.641 bits per heavy atom. The van der Waals surface area contributed by atoms with Crippen molar-refractivity contribution in [2.75, 3.05) is 0 Å². The Kier molecular flexibility index (Phi) is 19.7. The van der Waals surface area contributed by atoms with E-state index >= 15 is 0 Å². The number of unbranched alkanes of at least 4 members (excludes halogenated alkanes) is 20. The van der Waals surface area contributed by atoms with Crippen molar-refractivity contribution in [3.63, 3.8) is 0 Å². The maximum absolute atomic E-state index is 2.35. The van der Waals surface area contributed by atoms with E-state index in [1.54, 1.807) is 0 Å². The van der Waals surface area contributed by atoms with Gasteiger partial charge in [-0.15, -0.1) is 0 Å². The van der Waals surface area contributed by atoms with Crippen LogP contribution in [0.25, 0.3) is 0 Å². The van der Waals surface area contributed by atoms with Crippen molar-refractivity contribution in [3.05, 3.63) is 22.3 Å². The Hall–Kier alpha value is -0.520. The average Bonchev–Trinajstić information content (AvgIpc) is 3.87. The fourth-order valence-electron chi connectivity index (χ4n) is 7.39. The number of rotatable bonds is 30. The van der Waals surface area contributed by atoms with Gasteiger partial charge in [0.1, 0.15) is 0 Å². The van der Waals surface area contributed by atoms with E-state index in [2.05, 4.69) is 27.7 Å². The van der Waals surface area contributed by atoms with E-state index in [9.17, 15) is 0 Å². The summed E-state index contributed by atoms with van der Waals surface area (Å²) in [5, 5.41) is 0. The summed E-state index contributed by atoms with van der Waals surface area (Å²) in [4.78, 5) is 0. The molecule has 0 aromatic heterocycles. The van der Waals surface area contributed by atoms with E-state index in [4.69, 9.17) is 0 Å². The summed E-state index contributed by atoms with van der Waals surface area (Å²) < 4.78 is 0. The van der Waals surface area contributed by atoms with Gasteiger partial charge in [-0.2, -0.15) is 0 Å². The molecule has 0 amide bonds. The normalized spacial score (nSPS) is 15.1. The summed E-state index contributed by atoms with van der Waals surface area (Å²) in [6.07, 6.45) is 43.3. The first-order chi connectivity index (χ1) is 19.2. The maximum atomic E-state index is 2.35. The Morgan fingerprint density at radius 1 is 0.359 bits per heavy atom. The smallest absolute Gasteiger partial charge is 0.0132 e. The molecule has 0 spiro atoms. The second kappa shape index (κ2) is 22.1. The zero-order valence-corrected chi connectivity index (χ0v) is 27.7. The predicted octanol–water partition coefficient (Wildman–Crippen LogP) is 14.4. The van der Waals surface area contributed by atoms with Crippen LogP contribution in [0.4, 0.5) is 0 Å². The van der Waals surface area contributed by atoms with Crippen LogP contribution in [-0.2, 0) is 0 Å². The lowest BCUT2D eigenvalue weighted by Gasteiger charge is -2.31. The van der Waals surface area contributed by atoms with E-state index in [0.717, 1.165) is 0 Å². The third kappa shape index (κ3) is 14.3. The van der Waals surface area contributed by atoms with Gasteiger partial charge in [0.05, 0.1) is 0 Å². The van der Waals surface area contributed by atoms with Crippen LogP contribution in [0.1, 0.15) is 220 Å². The van der Waals surface area contributed by atoms with Crippen molar-refractivity contribution in [2.24, 2.45) is 5.41 Å². The van der Waals surface area contributed by atoms with Crippen LogP contribution in [0.2, 0.25) is 0 Å². The van der Waals surface area contributed by atoms with Crippen LogP contribution >= 0.6 is 0 Å². The van der Waals surface area contributed by atoms with E-state index in [0.29, 0.717) is 5.41 Å². The highest BCUT2D eigenvalue weighted by Gasteiger charge is 2.48. The summed E-state index contributed by atoms with van der Waals surface area (Å²) in [5.74, 6) is 0. The minimum absolute atomic E-state index is 0.505. The van der Waals surface area contributed by atoms with Crippen molar-refractivity contribution >= 4 is 0 Å². The van der Waals surface area contributed by atoms with Crippen molar-refractivity contribution in [2.45, 2.75) is 220 Å². The summed E-state index contributed by atoms with van der Waals surface area (Å²) in [7, 11) is 0. The molecule has 0 fully saturated rings. The lowest BCUT2D eigenvalue weighted by molar-refractivity contribution is 0.344. The Bertz CT molecular complexity index is 604. The van der Waals surface area contributed by atoms with E-state index in [1.165, 1.54) is 193 Å². The molecule has 0 nitrogen and oxygen atoms in total. The third-order valence-electron chi connectivity index (χ3n) is 10.1. The fraction of sp³-hybridized carbons (Fsp3) is 0.897. The highest BCUT2D eigenvalue weighted by Crippen LogP contribution is 2.63. The van der Waals surface area contributed by atoms with E-state index in [-0.39, 0.29) is 0 Å². The quantitative estimate of drug-likeness (QED) is 0.0627. The van der Waals surface area contributed by atoms with Gasteiger partial charge in [0, 0.05) is 5.41 Å². The van der Waals surface area contributed by atoms with Gasteiger partial charge in [-0.05, 0) is 51.4 Å². The minimum atomic E-state index is 0.505. The van der Waals surface area contributed by atoms with Gasteiger partial charge >= 0.3 is 0 Å². The molecule has 0 N–H and O–H groups in total. The highest BCUT2D eigenvalue weighted by molar-refractivity contribution is 5.53. The molecule has 0 bridgehead atoms. The molecule has 39 heavy (non-hydrogen) atoms. The van der Waals surface area contributed by atoms with Crippen LogP contribution in [-0.4, -0.2) is 0 Å². The molecule has 0 saturated carbocycles. The fourth-order valence-corrected chi connectivity index (χ4v) is 7.39. The molecule has 2 rings (SSSR count). The molecule has 0 saturated heterocycles. The lowest BCUT2D eigenvalue weighted by atomic mass is 9.72. The van der Waals surface area contributed by atoms with Gasteiger partial charge in [0.25, 0.3) is 0 Å². The molecule has 228 valence electrons. The molecule has 0 aromatic rings. The van der Waals surface area contributed by atoms with Crippen LogP contribution in [0.15, 0.2) is 22.3 Å². The van der Waals surface area contributed by atoms with Gasteiger partial charge in [-0.25, -0.2) is 0 Å². The van der Waals surface area contributed by atoms with Crippen molar-refractivity contribution in [1.82, 2.24) is 0 Å². The van der Waals surface area contributed by atoms with Crippen molar-refractivity contribution in [3.8, 4) is 0 Å². The van der Waals surface area contributed by atoms with Crippen LogP contribution in [0.5, 0.6) is 0 Å². The first-order valence-corrected chi connectivity index (χ1v) is 18.7. The van der Waals surface area contributed by atoms with Crippen LogP contribution < -0.4 is 0 Å². The zero-order chi connectivity index (χ0) is 28.0. The average molecular weight is 541 g/mol. The van der Waals surface area contributed by atoms with Gasteiger partial charge < -0.3 is 0 Å². The molecule has 0 aliphatic heterocycles. The number of allylic oxidation sites excluding steroid dienone is 4. The maximum Gasteiger partial charge on any atom is 0.0132 e. The molecule has 2 aliphatic rings. The molecule has 0 atom stereocenters. The first-order valence-electron chi connectivity index (χ1n) is 18.7. The van der Waals surface area contributed by atoms with Crippen LogP contribution in [0.3, 0.4) is 0 Å². The minimum Gasteiger partial charge on any atom is -0.0657 e. The molecule has 0 aromatic carbocycles. The number of hydrogen-bond acceptors (Lipinski definition) is 0. The molecule has 2 aliphatic carbocycles. The second-order valence-corrected chi connectivity index (χ2v) is 13.7. The third-order valence-corrected chi connectivity index (χ3v) is 10.1. The standard InChI is InChI=1S/C39H72/c1-5-9-13-17-21-25-29-35-33-37(35)39(31-27-23-19-15-11-7-3,32-28-24-20-16-12-8-4)38-34-36(38)30-26-22-18-14-10-6-2/h5-34H2,1-4H3. The summed E-state index contributed by atoms with van der Waals surface area (Å²) >= 11 is 0. The topological polar surface area (TPSA) is 0 Å². The van der Waals surface area contributed by atoms with Gasteiger partial charge in [-0.3, -0.25) is 0 Å². The molecular weight excluding hydrogens is 468 g/mol. The molecule has 0 heterocycles. The van der Waals surface area contributed by atoms with Gasteiger partial charge in [0.2, 0.25) is 0 Å². The Balaban J connectivity index is 2.04. The molecule has 0 heteroatoms. The second-order valence-electron chi connectivity index (χ2n) is 13.7. The van der Waals surface area contributed by atoms with Crippen molar-refractivity contribution in [1.29, 1.82) is 0 Å². The summed E-state index contributed by atoms with van der Waals surface area (Å²) in [6, 6.07) is 0. The monoisotopic (exact) mass is 541 g/mol. The van der Waals surface area contributed by atoms with E-state index in [1.807, 2.05) is 22.3 Å². The lowest BCUT2D eigenvalue weighted by Crippen LogP contribution is -2.19. The van der Waals surface area contributed by atoms with Gasteiger partial charge in [0.15, 0.2) is 0 Å². The van der Waals surface area contributed by atoms with Gasteiger partial charge in [-0.1, -0.05) is 191 Å². The molecule has 0 unspecified atom stereocenters. The Morgan fingerprint density at radius 3 is 0.974 bits per heavy atom. The summed E-state index contributed by atoms with van der Waals surface area (Å²) in [6.45, 7) is 9.37.